The van der Waals surface area contributed by atoms with Gasteiger partial charge in [-0.2, -0.15) is 0 Å². The van der Waals surface area contributed by atoms with Gasteiger partial charge in [-0.05, 0) is 6.07 Å². The maximum Gasteiger partial charge on any atom is 0.224 e. The molecule has 1 amide bonds. The molecule has 0 saturated carbocycles. The Morgan fingerprint density at radius 3 is 2.90 bits per heavy atom. The van der Waals surface area contributed by atoms with Crippen molar-refractivity contribution in [2.45, 2.75) is 13.0 Å². The second-order valence-electron chi connectivity index (χ2n) is 4.85. The van der Waals surface area contributed by atoms with Gasteiger partial charge in [0.15, 0.2) is 11.6 Å². The molecule has 1 N–H and O–H groups in total. The molecule has 0 spiro atoms. The molecule has 6 heteroatoms. The number of rotatable bonds is 6. The highest BCUT2D eigenvalue weighted by Gasteiger charge is 2.16. The predicted molar refractivity (Wildman–Crippen MR) is 76.7 cm³/mol. The number of carbonyl (C=O) groups is 1. The van der Waals surface area contributed by atoms with Gasteiger partial charge in [0.25, 0.3) is 0 Å². The zero-order valence-electron chi connectivity index (χ0n) is 12.2. The van der Waals surface area contributed by atoms with Gasteiger partial charge in [0.1, 0.15) is 0 Å². The maximum absolute atomic E-state index is 13.9. The molecule has 116 valence electrons. The summed E-state index contributed by atoms with van der Waals surface area (Å²) >= 11 is 0. The summed E-state index contributed by atoms with van der Waals surface area (Å²) in [6.45, 7) is 3.42. The highest BCUT2D eigenvalue weighted by atomic mass is 19.1. The second-order valence-corrected chi connectivity index (χ2v) is 4.85. The normalized spacial score (nSPS) is 15.0. The number of amides is 1. The Labute approximate surface area is 124 Å². The van der Waals surface area contributed by atoms with Crippen molar-refractivity contribution in [3.8, 4) is 5.75 Å². The van der Waals surface area contributed by atoms with Crippen molar-refractivity contribution in [3.05, 3.63) is 29.6 Å². The van der Waals surface area contributed by atoms with E-state index in [1.807, 2.05) is 0 Å². The van der Waals surface area contributed by atoms with Crippen molar-refractivity contribution in [3.63, 3.8) is 0 Å². The van der Waals surface area contributed by atoms with E-state index in [4.69, 9.17) is 9.47 Å². The third kappa shape index (κ3) is 4.41. The molecule has 0 atom stereocenters. The highest BCUT2D eigenvalue weighted by molar-refractivity contribution is 5.76. The van der Waals surface area contributed by atoms with E-state index in [0.29, 0.717) is 51.4 Å². The third-order valence-electron chi connectivity index (χ3n) is 3.46. The quantitative estimate of drug-likeness (QED) is 0.801. The van der Waals surface area contributed by atoms with Gasteiger partial charge in [-0.25, -0.2) is 4.39 Å². The summed E-state index contributed by atoms with van der Waals surface area (Å²) in [6.07, 6.45) is 0.408. The van der Waals surface area contributed by atoms with Crippen LogP contribution in [0.25, 0.3) is 0 Å². The number of nitrogens with one attached hydrogen (secondary N) is 1. The first-order valence-corrected chi connectivity index (χ1v) is 7.10. The van der Waals surface area contributed by atoms with Crippen LogP contribution in [-0.2, 0) is 16.1 Å². The van der Waals surface area contributed by atoms with Crippen LogP contribution < -0.4 is 10.1 Å². The van der Waals surface area contributed by atoms with Crippen LogP contribution in [0.2, 0.25) is 0 Å². The van der Waals surface area contributed by atoms with Crippen LogP contribution in [0.15, 0.2) is 18.2 Å². The maximum atomic E-state index is 13.9. The van der Waals surface area contributed by atoms with E-state index < -0.39 is 0 Å². The van der Waals surface area contributed by atoms with E-state index in [-0.39, 0.29) is 17.5 Å². The first-order valence-electron chi connectivity index (χ1n) is 7.10. The molecule has 0 aliphatic carbocycles. The molecule has 0 aromatic heterocycles. The Morgan fingerprint density at radius 1 is 1.43 bits per heavy atom. The number of hydrogen-bond acceptors (Lipinski definition) is 4. The lowest BCUT2D eigenvalue weighted by Gasteiger charge is -2.26. The van der Waals surface area contributed by atoms with E-state index >= 15 is 0 Å². The highest BCUT2D eigenvalue weighted by Crippen LogP contribution is 2.19. The van der Waals surface area contributed by atoms with Gasteiger partial charge in [-0.3, -0.25) is 4.79 Å². The standard InChI is InChI=1S/C15H21FN2O3/c1-20-13-4-2-3-12(15(13)16)11-17-6-5-14(19)18-7-9-21-10-8-18/h2-4,17H,5-11H2,1H3. The summed E-state index contributed by atoms with van der Waals surface area (Å²) in [5.74, 6) is -0.0115. The van der Waals surface area contributed by atoms with Crippen LogP contribution in [0.3, 0.4) is 0 Å². The molecular weight excluding hydrogens is 275 g/mol. The summed E-state index contributed by atoms with van der Waals surface area (Å²) in [5.41, 5.74) is 0.535. The molecule has 1 heterocycles. The average molecular weight is 296 g/mol. The number of hydrogen-bond donors (Lipinski definition) is 1. The van der Waals surface area contributed by atoms with Crippen molar-refractivity contribution in [2.24, 2.45) is 0 Å². The molecule has 5 nitrogen and oxygen atoms in total. The minimum Gasteiger partial charge on any atom is -0.494 e. The topological polar surface area (TPSA) is 50.8 Å². The zero-order valence-corrected chi connectivity index (χ0v) is 12.2. The minimum absolute atomic E-state index is 0.108. The Balaban J connectivity index is 1.73. The van der Waals surface area contributed by atoms with Crippen molar-refractivity contribution in [1.82, 2.24) is 10.2 Å². The molecule has 0 bridgehead atoms. The molecule has 21 heavy (non-hydrogen) atoms. The number of carbonyl (C=O) groups excluding carboxylic acids is 1. The summed E-state index contributed by atoms with van der Waals surface area (Å²) in [5, 5.41) is 3.09. The van der Waals surface area contributed by atoms with Gasteiger partial charge in [-0.15, -0.1) is 0 Å². The van der Waals surface area contributed by atoms with Crippen molar-refractivity contribution in [2.75, 3.05) is 40.0 Å². The fraction of sp³-hybridized carbons (Fsp3) is 0.533. The average Bonchev–Trinajstić information content (AvgIpc) is 2.53. The SMILES string of the molecule is COc1cccc(CNCCC(=O)N2CCOCC2)c1F. The zero-order chi connectivity index (χ0) is 15.1. The number of ether oxygens (including phenoxy) is 2. The largest absolute Gasteiger partial charge is 0.494 e. The molecule has 1 saturated heterocycles. The lowest BCUT2D eigenvalue weighted by Crippen LogP contribution is -2.41. The summed E-state index contributed by atoms with van der Waals surface area (Å²) in [6, 6.07) is 5.03. The number of benzene rings is 1. The fourth-order valence-corrected chi connectivity index (χ4v) is 2.24. The van der Waals surface area contributed by atoms with E-state index in [1.54, 1.807) is 23.1 Å². The van der Waals surface area contributed by atoms with Crippen LogP contribution in [-0.4, -0.2) is 50.8 Å². The van der Waals surface area contributed by atoms with Gasteiger partial charge < -0.3 is 19.7 Å². The number of morpholine rings is 1. The van der Waals surface area contributed by atoms with Crippen molar-refractivity contribution >= 4 is 5.91 Å². The number of halogens is 1. The molecule has 1 fully saturated rings. The van der Waals surface area contributed by atoms with Gasteiger partial charge >= 0.3 is 0 Å². The van der Waals surface area contributed by atoms with Gasteiger partial charge in [-0.1, -0.05) is 12.1 Å². The van der Waals surface area contributed by atoms with E-state index in [1.165, 1.54) is 7.11 Å². The molecule has 1 aliphatic heterocycles. The Morgan fingerprint density at radius 2 is 2.19 bits per heavy atom. The van der Waals surface area contributed by atoms with Crippen LogP contribution in [0.5, 0.6) is 5.75 Å². The molecule has 0 unspecified atom stereocenters. The first kappa shape index (κ1) is 15.7. The van der Waals surface area contributed by atoms with Gasteiger partial charge in [0.2, 0.25) is 5.91 Å². The molecular formula is C15H21FN2O3. The smallest absolute Gasteiger partial charge is 0.224 e. The molecule has 2 rings (SSSR count). The van der Waals surface area contributed by atoms with Crippen molar-refractivity contribution in [1.29, 1.82) is 0 Å². The first-order chi connectivity index (χ1) is 10.2. The predicted octanol–water partition coefficient (Wildman–Crippen LogP) is 1.17. The Bertz CT molecular complexity index is 476. The number of nitrogens with zero attached hydrogens (tertiary/aromatic N) is 1. The lowest BCUT2D eigenvalue weighted by atomic mass is 10.2. The van der Waals surface area contributed by atoms with Crippen LogP contribution in [0.1, 0.15) is 12.0 Å². The minimum atomic E-state index is -0.355. The summed E-state index contributed by atoms with van der Waals surface area (Å²) < 4.78 is 24.0. The second kappa shape index (κ2) is 7.95. The van der Waals surface area contributed by atoms with Crippen LogP contribution >= 0.6 is 0 Å². The van der Waals surface area contributed by atoms with Crippen molar-refractivity contribution < 1.29 is 18.7 Å². The summed E-state index contributed by atoms with van der Waals surface area (Å²) in [7, 11) is 1.44. The van der Waals surface area contributed by atoms with Gasteiger partial charge in [0, 0.05) is 38.2 Å². The fourth-order valence-electron chi connectivity index (χ4n) is 2.24. The monoisotopic (exact) mass is 296 g/mol. The van der Waals surface area contributed by atoms with E-state index in [9.17, 15) is 9.18 Å². The Kier molecular flexibility index (Phi) is 5.95. The third-order valence-corrected chi connectivity index (χ3v) is 3.46. The van der Waals surface area contributed by atoms with Crippen LogP contribution in [0, 0.1) is 5.82 Å². The molecule has 1 aromatic carbocycles. The summed E-state index contributed by atoms with van der Waals surface area (Å²) in [4.78, 5) is 13.7. The lowest BCUT2D eigenvalue weighted by molar-refractivity contribution is -0.135. The van der Waals surface area contributed by atoms with E-state index in [0.717, 1.165) is 0 Å². The molecule has 1 aromatic rings. The van der Waals surface area contributed by atoms with Gasteiger partial charge in [0.05, 0.1) is 20.3 Å². The van der Waals surface area contributed by atoms with Crippen LogP contribution in [0.4, 0.5) is 4.39 Å². The van der Waals surface area contributed by atoms with E-state index in [2.05, 4.69) is 5.32 Å². The Hall–Kier alpha value is -1.66. The molecule has 0 radical (unpaired) electrons. The number of methoxy groups -OCH3 is 1. The molecule has 1 aliphatic rings.